The third-order valence-corrected chi connectivity index (χ3v) is 2.74. The summed E-state index contributed by atoms with van der Waals surface area (Å²) in [5.74, 6) is -0.400. The topological polar surface area (TPSA) is 89.3 Å². The number of carbonyl (C=O) groups excluding carboxylic acids is 1. The van der Waals surface area contributed by atoms with E-state index >= 15 is 0 Å². The number of carbonyl (C=O) groups is 1. The van der Waals surface area contributed by atoms with Crippen LogP contribution in [-0.4, -0.2) is 22.7 Å². The number of aliphatic hydroxyl groups is 1. The molecule has 106 valence electrons. The predicted octanol–water partition coefficient (Wildman–Crippen LogP) is 1.92. The van der Waals surface area contributed by atoms with Crippen LogP contribution in [0.2, 0.25) is 0 Å². The second-order valence-electron chi connectivity index (χ2n) is 5.22. The summed E-state index contributed by atoms with van der Waals surface area (Å²) in [7, 11) is 0. The monoisotopic (exact) mass is 264 g/mol. The van der Waals surface area contributed by atoms with E-state index in [2.05, 4.69) is 6.58 Å². The normalized spacial score (nSPS) is 12.1. The predicted molar refractivity (Wildman–Crippen MR) is 79.6 cm³/mol. The van der Waals surface area contributed by atoms with Crippen LogP contribution >= 0.6 is 0 Å². The summed E-state index contributed by atoms with van der Waals surface area (Å²) in [6.07, 6.45) is -0.424. The van der Waals surface area contributed by atoms with E-state index in [1.807, 2.05) is 19.1 Å². The highest BCUT2D eigenvalue weighted by atomic mass is 16.3. The van der Waals surface area contributed by atoms with E-state index in [0.29, 0.717) is 5.56 Å². The maximum absolute atomic E-state index is 10.7. The molecule has 0 radical (unpaired) electrons. The maximum Gasteiger partial charge on any atom is 0.248 e. The van der Waals surface area contributed by atoms with Crippen molar-refractivity contribution in [3.8, 4) is 0 Å². The molecule has 0 saturated carbocycles. The molecule has 0 heterocycles. The Labute approximate surface area is 115 Å². The van der Waals surface area contributed by atoms with Gasteiger partial charge in [0, 0.05) is 11.1 Å². The average molecular weight is 264 g/mol. The van der Waals surface area contributed by atoms with Crippen LogP contribution in [0.25, 0.3) is 5.57 Å². The van der Waals surface area contributed by atoms with E-state index < -0.39 is 17.6 Å². The molecule has 5 N–H and O–H groups in total. The van der Waals surface area contributed by atoms with Crippen LogP contribution in [0.4, 0.5) is 0 Å². The smallest absolute Gasteiger partial charge is 0.248 e. The number of benzene rings is 1. The van der Waals surface area contributed by atoms with Crippen molar-refractivity contribution < 1.29 is 9.90 Å². The minimum atomic E-state index is -0.444. The molecule has 0 aliphatic carbocycles. The molecule has 0 aliphatic heterocycles. The molecular weight excluding hydrogens is 240 g/mol. The fourth-order valence-electron chi connectivity index (χ4n) is 0.919. The first-order valence-corrected chi connectivity index (χ1v) is 6.08. The molecule has 0 spiro atoms. The van der Waals surface area contributed by atoms with Crippen molar-refractivity contribution in [3.05, 3.63) is 42.0 Å². The fraction of sp³-hybridized carbons (Fsp3) is 0.400. The molecule has 1 amide bonds. The van der Waals surface area contributed by atoms with Crippen LogP contribution in [0, 0.1) is 0 Å². The van der Waals surface area contributed by atoms with E-state index in [1.165, 1.54) is 0 Å². The van der Waals surface area contributed by atoms with Gasteiger partial charge in [-0.05, 0) is 45.4 Å². The van der Waals surface area contributed by atoms with E-state index in [-0.39, 0.29) is 0 Å². The molecule has 0 saturated heterocycles. The zero-order valence-electron chi connectivity index (χ0n) is 12.1. The number of hydrogen-bond donors (Lipinski definition) is 3. The van der Waals surface area contributed by atoms with E-state index in [0.717, 1.165) is 11.1 Å². The molecular formula is C15H24N2O2. The fourth-order valence-corrected chi connectivity index (χ4v) is 0.919. The van der Waals surface area contributed by atoms with Crippen LogP contribution in [-0.2, 0) is 0 Å². The number of primary amides is 1. The van der Waals surface area contributed by atoms with Gasteiger partial charge in [-0.1, -0.05) is 24.3 Å². The second kappa shape index (κ2) is 7.07. The highest BCUT2D eigenvalue weighted by molar-refractivity contribution is 5.93. The van der Waals surface area contributed by atoms with E-state index in [4.69, 9.17) is 16.6 Å². The molecule has 1 aromatic carbocycles. The van der Waals surface area contributed by atoms with Gasteiger partial charge in [0.15, 0.2) is 0 Å². The van der Waals surface area contributed by atoms with Gasteiger partial charge in [-0.2, -0.15) is 0 Å². The van der Waals surface area contributed by atoms with Gasteiger partial charge in [0.2, 0.25) is 5.91 Å². The maximum atomic E-state index is 10.7. The lowest BCUT2D eigenvalue weighted by atomic mass is 10.0. The zero-order valence-corrected chi connectivity index (χ0v) is 12.1. The second-order valence-corrected chi connectivity index (χ2v) is 5.22. The SMILES string of the molecule is C=C(C)c1ccc(C(N)=O)cc1.CC(O)C(C)(C)N. The van der Waals surface area contributed by atoms with Crippen LogP contribution in [0.5, 0.6) is 0 Å². The summed E-state index contributed by atoms with van der Waals surface area (Å²) in [6, 6.07) is 7.07. The molecule has 0 fully saturated rings. The molecule has 1 atom stereocenters. The number of nitrogens with two attached hydrogens (primary N) is 2. The molecule has 4 heteroatoms. The number of amides is 1. The summed E-state index contributed by atoms with van der Waals surface area (Å²) in [4.78, 5) is 10.7. The number of aliphatic hydroxyl groups excluding tert-OH is 1. The Balaban J connectivity index is 0.000000399. The van der Waals surface area contributed by atoms with Crippen molar-refractivity contribution in [2.75, 3.05) is 0 Å². The number of allylic oxidation sites excluding steroid dienone is 1. The van der Waals surface area contributed by atoms with Crippen molar-refractivity contribution >= 4 is 11.5 Å². The highest BCUT2D eigenvalue weighted by Crippen LogP contribution is 2.11. The lowest BCUT2D eigenvalue weighted by molar-refractivity contribution is 0.100. The summed E-state index contributed by atoms with van der Waals surface area (Å²) in [5, 5.41) is 8.76. The van der Waals surface area contributed by atoms with Gasteiger partial charge in [0.05, 0.1) is 6.10 Å². The molecule has 19 heavy (non-hydrogen) atoms. The highest BCUT2D eigenvalue weighted by Gasteiger charge is 2.16. The Hall–Kier alpha value is -1.65. The van der Waals surface area contributed by atoms with Gasteiger partial charge < -0.3 is 16.6 Å². The molecule has 0 aromatic heterocycles. The quantitative estimate of drug-likeness (QED) is 0.779. The lowest BCUT2D eigenvalue weighted by Crippen LogP contribution is -2.43. The summed E-state index contributed by atoms with van der Waals surface area (Å²) in [6.45, 7) is 11.0. The Bertz CT molecular complexity index is 395. The van der Waals surface area contributed by atoms with Crippen molar-refractivity contribution in [1.29, 1.82) is 0 Å². The minimum absolute atomic E-state index is 0.400. The summed E-state index contributed by atoms with van der Waals surface area (Å²) >= 11 is 0. The molecule has 1 aromatic rings. The third-order valence-electron chi connectivity index (χ3n) is 2.74. The minimum Gasteiger partial charge on any atom is -0.392 e. The van der Waals surface area contributed by atoms with Crippen LogP contribution in [0.15, 0.2) is 30.8 Å². The Morgan fingerprint density at radius 1 is 1.26 bits per heavy atom. The Morgan fingerprint density at radius 3 is 1.79 bits per heavy atom. The van der Waals surface area contributed by atoms with Crippen LogP contribution < -0.4 is 11.5 Å². The summed E-state index contributed by atoms with van der Waals surface area (Å²) in [5.41, 5.74) is 12.6. The van der Waals surface area contributed by atoms with Gasteiger partial charge in [-0.3, -0.25) is 4.79 Å². The Morgan fingerprint density at radius 2 is 1.58 bits per heavy atom. The first-order chi connectivity index (χ1) is 8.55. The molecule has 1 unspecified atom stereocenters. The number of rotatable bonds is 3. The first kappa shape index (κ1) is 17.4. The van der Waals surface area contributed by atoms with Gasteiger partial charge in [0.25, 0.3) is 0 Å². The van der Waals surface area contributed by atoms with Gasteiger partial charge >= 0.3 is 0 Å². The standard InChI is InChI=1S/C10H11NO.C5H13NO/c1-7(2)8-3-5-9(6-4-8)10(11)12;1-4(7)5(2,3)6/h3-6H,1H2,2H3,(H2,11,12);4,7H,6H2,1-3H3. The van der Waals surface area contributed by atoms with Gasteiger partial charge in [-0.15, -0.1) is 0 Å². The van der Waals surface area contributed by atoms with Gasteiger partial charge in [0.1, 0.15) is 0 Å². The third kappa shape index (κ3) is 6.74. The summed E-state index contributed by atoms with van der Waals surface area (Å²) < 4.78 is 0. The van der Waals surface area contributed by atoms with Crippen LogP contribution in [0.3, 0.4) is 0 Å². The molecule has 4 nitrogen and oxygen atoms in total. The van der Waals surface area contributed by atoms with Crippen molar-refractivity contribution in [3.63, 3.8) is 0 Å². The van der Waals surface area contributed by atoms with Crippen molar-refractivity contribution in [2.45, 2.75) is 39.3 Å². The van der Waals surface area contributed by atoms with E-state index in [9.17, 15) is 4.79 Å². The number of hydrogen-bond acceptors (Lipinski definition) is 3. The zero-order chi connectivity index (χ0) is 15.2. The van der Waals surface area contributed by atoms with Crippen molar-refractivity contribution in [1.82, 2.24) is 0 Å². The largest absolute Gasteiger partial charge is 0.392 e. The Kier molecular flexibility index (Phi) is 6.45. The molecule has 0 aliphatic rings. The average Bonchev–Trinajstić information content (AvgIpc) is 2.28. The lowest BCUT2D eigenvalue weighted by Gasteiger charge is -2.21. The molecule has 0 bridgehead atoms. The van der Waals surface area contributed by atoms with Crippen LogP contribution in [0.1, 0.15) is 43.6 Å². The van der Waals surface area contributed by atoms with Gasteiger partial charge in [-0.25, -0.2) is 0 Å². The van der Waals surface area contributed by atoms with Crippen molar-refractivity contribution in [2.24, 2.45) is 11.5 Å². The van der Waals surface area contributed by atoms with E-state index in [1.54, 1.807) is 32.9 Å². The first-order valence-electron chi connectivity index (χ1n) is 6.08. The molecule has 1 rings (SSSR count).